The lowest BCUT2D eigenvalue weighted by Gasteiger charge is -2.44. The maximum Gasteiger partial charge on any atom is 0.355 e. The van der Waals surface area contributed by atoms with Crippen LogP contribution in [0.4, 0.5) is 14.6 Å². The number of nitrogens with zero attached hydrogens (tertiary/aromatic N) is 6. The topological polar surface area (TPSA) is 83.7 Å². The van der Waals surface area contributed by atoms with E-state index in [0.29, 0.717) is 30.1 Å². The SMILES string of the molecule is C=CC(=O)N1[C@H](C)CN(c2nc(=O)n(C(/C(C)=C\C)=C(/N=C)C(C)C)c3nc(-c4ccccc4F)c(F)cc23)C[C@@H]1C. The zero-order valence-electron chi connectivity index (χ0n) is 24.9. The maximum absolute atomic E-state index is 15.8. The summed E-state index contributed by atoms with van der Waals surface area (Å²) in [6.07, 6.45) is 3.11. The molecule has 2 atom stereocenters. The van der Waals surface area contributed by atoms with Crippen molar-refractivity contribution >= 4 is 35.2 Å². The number of carbonyl (C=O) groups excluding carboxylic acids is 1. The lowest BCUT2D eigenvalue weighted by atomic mass is 10.0. The van der Waals surface area contributed by atoms with Crippen molar-refractivity contribution in [2.24, 2.45) is 10.9 Å². The van der Waals surface area contributed by atoms with Crippen molar-refractivity contribution in [3.8, 4) is 11.3 Å². The number of hydrogen-bond donors (Lipinski definition) is 0. The van der Waals surface area contributed by atoms with Gasteiger partial charge < -0.3 is 9.80 Å². The fourth-order valence-electron chi connectivity index (χ4n) is 5.59. The van der Waals surface area contributed by atoms with Gasteiger partial charge in [0.1, 0.15) is 23.1 Å². The molecular weight excluding hydrogens is 538 g/mol. The fourth-order valence-corrected chi connectivity index (χ4v) is 5.59. The lowest BCUT2D eigenvalue weighted by molar-refractivity contribution is -0.130. The summed E-state index contributed by atoms with van der Waals surface area (Å²) in [4.78, 5) is 43.4. The molecule has 0 N–H and O–H groups in total. The van der Waals surface area contributed by atoms with E-state index < -0.39 is 17.3 Å². The Hall–Kier alpha value is -4.47. The molecule has 3 aromatic rings. The second kappa shape index (κ2) is 12.2. The number of carbonyl (C=O) groups is 1. The molecule has 1 aliphatic rings. The van der Waals surface area contributed by atoms with Crippen molar-refractivity contribution in [3.63, 3.8) is 0 Å². The highest BCUT2D eigenvalue weighted by Crippen LogP contribution is 2.34. The molecule has 42 heavy (non-hydrogen) atoms. The summed E-state index contributed by atoms with van der Waals surface area (Å²) in [7, 11) is 0. The first-order chi connectivity index (χ1) is 19.9. The standard InChI is InChI=1S/C32H36F2N6O2/c1-9-19(5)29(27(35-8)18(3)4)40-31-23(15-25(34)28(36-31)22-13-11-12-14-24(22)33)30(37-32(40)42)38-16-20(6)39(21(7)17-38)26(41)10-2/h9-15,18,20-21H,2,8,16-17H2,1,3-7H3/b19-9-,29-27+/t20-,21+. The normalized spacial score (nSPS) is 18.4. The largest absolute Gasteiger partial charge is 0.355 e. The smallest absolute Gasteiger partial charge is 0.352 e. The molecule has 220 valence electrons. The summed E-state index contributed by atoms with van der Waals surface area (Å²) in [5.74, 6) is -1.50. The molecule has 3 heterocycles. The van der Waals surface area contributed by atoms with Gasteiger partial charge in [0.2, 0.25) is 5.91 Å². The minimum atomic E-state index is -0.762. The number of rotatable bonds is 7. The Morgan fingerprint density at radius 2 is 1.76 bits per heavy atom. The highest BCUT2D eigenvalue weighted by atomic mass is 19.1. The van der Waals surface area contributed by atoms with Gasteiger partial charge in [-0.1, -0.05) is 38.6 Å². The van der Waals surface area contributed by atoms with Crippen molar-refractivity contribution in [1.82, 2.24) is 19.4 Å². The molecule has 1 fully saturated rings. The van der Waals surface area contributed by atoms with Crippen molar-refractivity contribution in [2.75, 3.05) is 18.0 Å². The molecule has 1 amide bonds. The van der Waals surface area contributed by atoms with Crippen LogP contribution >= 0.6 is 0 Å². The first-order valence-electron chi connectivity index (χ1n) is 13.9. The number of benzene rings is 1. The van der Waals surface area contributed by atoms with Gasteiger partial charge in [-0.05, 0) is 70.2 Å². The minimum Gasteiger partial charge on any atom is -0.352 e. The number of allylic oxidation sites excluding steroid dienone is 4. The van der Waals surface area contributed by atoms with E-state index in [0.717, 1.165) is 0 Å². The number of amides is 1. The molecular formula is C32H36F2N6O2. The quantitative estimate of drug-likeness (QED) is 0.201. The van der Waals surface area contributed by atoms with E-state index in [9.17, 15) is 14.0 Å². The second-order valence-corrected chi connectivity index (χ2v) is 10.8. The third kappa shape index (κ3) is 5.41. The molecule has 10 heteroatoms. The zero-order chi connectivity index (χ0) is 30.9. The van der Waals surface area contributed by atoms with Crippen LogP contribution in [-0.4, -0.2) is 57.2 Å². The van der Waals surface area contributed by atoms with Crippen LogP contribution in [0.15, 0.2) is 70.1 Å². The van der Waals surface area contributed by atoms with E-state index in [1.807, 2.05) is 52.5 Å². The van der Waals surface area contributed by atoms with Gasteiger partial charge in [0.25, 0.3) is 0 Å². The van der Waals surface area contributed by atoms with Gasteiger partial charge in [0, 0.05) is 30.7 Å². The Morgan fingerprint density at radius 3 is 2.31 bits per heavy atom. The highest BCUT2D eigenvalue weighted by molar-refractivity contribution is 5.92. The van der Waals surface area contributed by atoms with Crippen LogP contribution in [0.5, 0.6) is 0 Å². The summed E-state index contributed by atoms with van der Waals surface area (Å²) in [6, 6.07) is 6.53. The Balaban J connectivity index is 2.10. The van der Waals surface area contributed by atoms with E-state index in [2.05, 4.69) is 28.3 Å². The van der Waals surface area contributed by atoms with Crippen molar-refractivity contribution < 1.29 is 13.6 Å². The van der Waals surface area contributed by atoms with Gasteiger partial charge in [-0.3, -0.25) is 9.79 Å². The molecule has 0 spiro atoms. The Bertz CT molecular complexity index is 1680. The van der Waals surface area contributed by atoms with Crippen molar-refractivity contribution in [1.29, 1.82) is 0 Å². The minimum absolute atomic E-state index is 0.0349. The monoisotopic (exact) mass is 574 g/mol. The number of fused-ring (bicyclic) bond motifs is 1. The molecule has 1 aliphatic heterocycles. The molecule has 1 aromatic carbocycles. The summed E-state index contributed by atoms with van der Waals surface area (Å²) >= 11 is 0. The number of aromatic nitrogens is 3. The Kier molecular flexibility index (Phi) is 8.84. The van der Waals surface area contributed by atoms with Gasteiger partial charge in [0.05, 0.1) is 16.8 Å². The summed E-state index contributed by atoms with van der Waals surface area (Å²) < 4.78 is 32.0. The average molecular weight is 575 g/mol. The van der Waals surface area contributed by atoms with Gasteiger partial charge in [-0.15, -0.1) is 0 Å². The van der Waals surface area contributed by atoms with Crippen LogP contribution in [0, 0.1) is 17.6 Å². The van der Waals surface area contributed by atoms with Crippen LogP contribution in [0.1, 0.15) is 41.5 Å². The molecule has 2 aromatic heterocycles. The van der Waals surface area contributed by atoms with Crippen LogP contribution in [0.25, 0.3) is 28.0 Å². The van der Waals surface area contributed by atoms with Crippen LogP contribution in [0.2, 0.25) is 0 Å². The van der Waals surface area contributed by atoms with E-state index in [1.165, 1.54) is 34.9 Å². The second-order valence-electron chi connectivity index (χ2n) is 10.8. The number of anilines is 1. The van der Waals surface area contributed by atoms with E-state index >= 15 is 4.39 Å². The Morgan fingerprint density at radius 1 is 1.12 bits per heavy atom. The van der Waals surface area contributed by atoms with Crippen molar-refractivity contribution in [3.05, 3.63) is 82.5 Å². The average Bonchev–Trinajstić information content (AvgIpc) is 2.95. The van der Waals surface area contributed by atoms with Gasteiger partial charge >= 0.3 is 5.69 Å². The highest BCUT2D eigenvalue weighted by Gasteiger charge is 2.34. The van der Waals surface area contributed by atoms with Gasteiger partial charge in [-0.2, -0.15) is 4.98 Å². The van der Waals surface area contributed by atoms with Crippen LogP contribution in [-0.2, 0) is 4.79 Å². The third-order valence-corrected chi connectivity index (χ3v) is 7.57. The Labute approximate surface area is 244 Å². The maximum atomic E-state index is 15.8. The van der Waals surface area contributed by atoms with E-state index in [1.54, 1.807) is 11.0 Å². The summed E-state index contributed by atoms with van der Waals surface area (Å²) in [6.45, 7) is 19.3. The zero-order valence-corrected chi connectivity index (χ0v) is 24.9. The summed E-state index contributed by atoms with van der Waals surface area (Å²) in [5, 5.41) is 0.267. The van der Waals surface area contributed by atoms with Crippen molar-refractivity contribution in [2.45, 2.75) is 53.6 Å². The number of hydrogen-bond acceptors (Lipinski definition) is 6. The molecule has 1 saturated heterocycles. The van der Waals surface area contributed by atoms with E-state index in [-0.39, 0.29) is 52.0 Å². The number of aliphatic imine (C=N–C) groups is 1. The van der Waals surface area contributed by atoms with Crippen LogP contribution in [0.3, 0.4) is 0 Å². The number of pyridine rings is 1. The molecule has 0 bridgehead atoms. The summed E-state index contributed by atoms with van der Waals surface area (Å²) in [5.41, 5.74) is 0.851. The van der Waals surface area contributed by atoms with Gasteiger partial charge in [0.15, 0.2) is 5.65 Å². The predicted octanol–water partition coefficient (Wildman–Crippen LogP) is 5.84. The molecule has 0 unspecified atom stereocenters. The molecule has 8 nitrogen and oxygen atoms in total. The lowest BCUT2D eigenvalue weighted by Crippen LogP contribution is -2.58. The molecule has 0 saturated carbocycles. The fraction of sp³-hybridized carbons (Fsp3) is 0.344. The van der Waals surface area contributed by atoms with Crippen LogP contribution < -0.4 is 10.6 Å². The first-order valence-corrected chi connectivity index (χ1v) is 13.9. The van der Waals surface area contributed by atoms with E-state index in [4.69, 9.17) is 0 Å². The number of piperazine rings is 1. The predicted molar refractivity (Wildman–Crippen MR) is 164 cm³/mol. The first kappa shape index (κ1) is 30.5. The third-order valence-electron chi connectivity index (χ3n) is 7.57. The number of halogens is 2. The van der Waals surface area contributed by atoms with Gasteiger partial charge in [-0.25, -0.2) is 23.1 Å². The molecule has 0 aliphatic carbocycles. The molecule has 0 radical (unpaired) electrons. The molecule has 4 rings (SSSR count).